The predicted octanol–water partition coefficient (Wildman–Crippen LogP) is 3.25. The molecule has 1 saturated heterocycles. The number of nitrogens with zero attached hydrogens (tertiary/aromatic N) is 1. The first-order valence-corrected chi connectivity index (χ1v) is 13.9. The highest BCUT2D eigenvalue weighted by Gasteiger charge is 2.31. The van der Waals surface area contributed by atoms with E-state index in [-0.39, 0.29) is 21.7 Å². The van der Waals surface area contributed by atoms with Crippen LogP contribution >= 0.6 is 0 Å². The van der Waals surface area contributed by atoms with Crippen molar-refractivity contribution in [3.63, 3.8) is 0 Å². The van der Waals surface area contributed by atoms with Crippen LogP contribution in [0.15, 0.2) is 58.3 Å². The maximum absolute atomic E-state index is 13.0. The van der Waals surface area contributed by atoms with E-state index in [1.54, 1.807) is 19.1 Å². The largest absolute Gasteiger partial charge is 0.346 e. The number of nitrogens with one attached hydrogen (secondary N) is 1. The molecular weight excluding hydrogens is 448 g/mol. The number of amides is 1. The van der Waals surface area contributed by atoms with E-state index < -0.39 is 19.9 Å². The van der Waals surface area contributed by atoms with Gasteiger partial charge in [-0.15, -0.1) is 0 Å². The van der Waals surface area contributed by atoms with Crippen LogP contribution in [-0.2, 0) is 19.9 Å². The summed E-state index contributed by atoms with van der Waals surface area (Å²) in [5.74, 6) is 0.284. The summed E-state index contributed by atoms with van der Waals surface area (Å²) in [4.78, 5) is 13.0. The van der Waals surface area contributed by atoms with Gasteiger partial charge in [-0.05, 0) is 67.1 Å². The first-order chi connectivity index (χ1) is 14.9. The zero-order valence-corrected chi connectivity index (χ0v) is 20.4. The first-order valence-electron chi connectivity index (χ1n) is 10.6. The van der Waals surface area contributed by atoms with Crippen LogP contribution in [0, 0.1) is 11.8 Å². The van der Waals surface area contributed by atoms with Crippen LogP contribution in [0.3, 0.4) is 0 Å². The van der Waals surface area contributed by atoms with E-state index in [1.807, 2.05) is 0 Å². The Labute approximate surface area is 190 Å². The fourth-order valence-electron chi connectivity index (χ4n) is 4.10. The first kappa shape index (κ1) is 24.4. The normalized spacial score (nSPS) is 21.1. The van der Waals surface area contributed by atoms with Gasteiger partial charge in [-0.2, -0.15) is 4.31 Å². The smallest absolute Gasteiger partial charge is 0.251 e. The standard InChI is InChI=1S/C23H30N2O5S2/c1-16-13-17(2)15-25(14-16)32(29,30)22-11-7-20(8-12-22)23(26)24-18(3)19-5-9-21(10-6-19)31(4,27)28/h5-12,16-18H,13-15H2,1-4H3,(H,24,26)/t16-,17+,18-/m0/s1. The molecule has 1 N–H and O–H groups in total. The molecule has 0 aromatic heterocycles. The fraction of sp³-hybridized carbons (Fsp3) is 0.435. The van der Waals surface area contributed by atoms with Crippen LogP contribution in [0.1, 0.15) is 49.2 Å². The van der Waals surface area contributed by atoms with Gasteiger partial charge in [-0.3, -0.25) is 4.79 Å². The minimum absolute atomic E-state index is 0.180. The Kier molecular flexibility index (Phi) is 7.12. The van der Waals surface area contributed by atoms with Crippen molar-refractivity contribution in [2.75, 3.05) is 19.3 Å². The summed E-state index contributed by atoms with van der Waals surface area (Å²) < 4.78 is 50.7. The Balaban J connectivity index is 1.69. The molecule has 9 heteroatoms. The number of sulfone groups is 1. The summed E-state index contributed by atoms with van der Waals surface area (Å²) in [6.45, 7) is 6.92. The third-order valence-corrected chi connectivity index (χ3v) is 8.72. The highest BCUT2D eigenvalue weighted by Crippen LogP contribution is 2.27. The van der Waals surface area contributed by atoms with Gasteiger partial charge in [0.15, 0.2) is 9.84 Å². The minimum atomic E-state index is -3.60. The van der Waals surface area contributed by atoms with Crippen molar-refractivity contribution in [1.29, 1.82) is 0 Å². The summed E-state index contributed by atoms with van der Waals surface area (Å²) in [5, 5.41) is 2.86. The van der Waals surface area contributed by atoms with Crippen LogP contribution < -0.4 is 5.32 Å². The number of hydrogen-bond donors (Lipinski definition) is 1. The van der Waals surface area contributed by atoms with E-state index in [2.05, 4.69) is 19.2 Å². The van der Waals surface area contributed by atoms with Crippen molar-refractivity contribution in [2.24, 2.45) is 11.8 Å². The van der Waals surface area contributed by atoms with Gasteiger partial charge in [0.2, 0.25) is 10.0 Å². The molecule has 2 aromatic rings. The average molecular weight is 479 g/mol. The summed E-state index contributed by atoms with van der Waals surface area (Å²) in [6, 6.07) is 12.0. The van der Waals surface area contributed by atoms with Crippen LogP contribution in [0.5, 0.6) is 0 Å². The number of benzene rings is 2. The fourth-order valence-corrected chi connectivity index (χ4v) is 6.41. The van der Waals surface area contributed by atoms with E-state index in [1.165, 1.54) is 40.7 Å². The molecule has 1 aliphatic heterocycles. The molecular formula is C23H30N2O5S2. The van der Waals surface area contributed by atoms with Gasteiger partial charge in [0.05, 0.1) is 15.8 Å². The molecule has 1 aliphatic rings. The quantitative estimate of drug-likeness (QED) is 0.687. The van der Waals surface area contributed by atoms with Gasteiger partial charge in [0.1, 0.15) is 0 Å². The van der Waals surface area contributed by atoms with Gasteiger partial charge >= 0.3 is 0 Å². The van der Waals surface area contributed by atoms with E-state index in [0.29, 0.717) is 30.5 Å². The summed E-state index contributed by atoms with van der Waals surface area (Å²) in [7, 11) is -6.88. The van der Waals surface area contributed by atoms with Crippen molar-refractivity contribution < 1.29 is 21.6 Å². The van der Waals surface area contributed by atoms with Crippen molar-refractivity contribution in [1.82, 2.24) is 9.62 Å². The Morgan fingerprint density at radius 2 is 1.41 bits per heavy atom. The van der Waals surface area contributed by atoms with Gasteiger partial charge in [0.25, 0.3) is 5.91 Å². The van der Waals surface area contributed by atoms with Crippen molar-refractivity contribution in [2.45, 2.75) is 43.0 Å². The molecule has 0 spiro atoms. The topological polar surface area (TPSA) is 101 Å². The van der Waals surface area contributed by atoms with E-state index in [0.717, 1.165) is 18.2 Å². The number of carbonyl (C=O) groups excluding carboxylic acids is 1. The van der Waals surface area contributed by atoms with Crippen molar-refractivity contribution in [3.8, 4) is 0 Å². The lowest BCUT2D eigenvalue weighted by molar-refractivity contribution is 0.0939. The predicted molar refractivity (Wildman–Crippen MR) is 124 cm³/mol. The van der Waals surface area contributed by atoms with Crippen LogP contribution in [0.25, 0.3) is 0 Å². The van der Waals surface area contributed by atoms with Crippen LogP contribution in [-0.4, -0.2) is 46.4 Å². The van der Waals surface area contributed by atoms with E-state index in [9.17, 15) is 21.6 Å². The molecule has 174 valence electrons. The van der Waals surface area contributed by atoms with Crippen LogP contribution in [0.2, 0.25) is 0 Å². The molecule has 3 rings (SSSR count). The number of hydrogen-bond acceptors (Lipinski definition) is 5. The van der Waals surface area contributed by atoms with Gasteiger partial charge in [-0.25, -0.2) is 16.8 Å². The van der Waals surface area contributed by atoms with Crippen LogP contribution in [0.4, 0.5) is 0 Å². The van der Waals surface area contributed by atoms with Crippen molar-refractivity contribution in [3.05, 3.63) is 59.7 Å². The lowest BCUT2D eigenvalue weighted by Gasteiger charge is -2.34. The number of rotatable bonds is 6. The highest BCUT2D eigenvalue weighted by molar-refractivity contribution is 7.90. The Morgan fingerprint density at radius 1 is 0.906 bits per heavy atom. The molecule has 1 amide bonds. The zero-order valence-electron chi connectivity index (χ0n) is 18.8. The monoisotopic (exact) mass is 478 g/mol. The Bertz CT molecular complexity index is 1160. The van der Waals surface area contributed by atoms with Crippen molar-refractivity contribution >= 4 is 25.8 Å². The number of piperidine rings is 1. The molecule has 0 saturated carbocycles. The maximum atomic E-state index is 13.0. The molecule has 0 radical (unpaired) electrons. The average Bonchev–Trinajstić information content (AvgIpc) is 2.72. The molecule has 7 nitrogen and oxygen atoms in total. The summed E-state index contributed by atoms with van der Waals surface area (Å²) in [6.07, 6.45) is 2.16. The maximum Gasteiger partial charge on any atom is 0.251 e. The summed E-state index contributed by atoms with van der Waals surface area (Å²) in [5.41, 5.74) is 1.11. The van der Waals surface area contributed by atoms with Gasteiger partial charge in [-0.1, -0.05) is 26.0 Å². The van der Waals surface area contributed by atoms with Gasteiger partial charge in [0, 0.05) is 24.9 Å². The highest BCUT2D eigenvalue weighted by atomic mass is 32.2. The lowest BCUT2D eigenvalue weighted by atomic mass is 9.94. The summed E-state index contributed by atoms with van der Waals surface area (Å²) >= 11 is 0. The molecule has 1 fully saturated rings. The second-order valence-electron chi connectivity index (χ2n) is 8.83. The number of carbonyl (C=O) groups is 1. The Morgan fingerprint density at radius 3 is 1.91 bits per heavy atom. The molecule has 0 aliphatic carbocycles. The SMILES string of the molecule is C[C@@H]1C[C@H](C)CN(S(=O)(=O)c2ccc(C(=O)N[C@@H](C)c3ccc(S(C)(=O)=O)cc3)cc2)C1. The third-order valence-electron chi connectivity index (χ3n) is 5.75. The van der Waals surface area contributed by atoms with Gasteiger partial charge < -0.3 is 5.32 Å². The molecule has 32 heavy (non-hydrogen) atoms. The molecule has 0 bridgehead atoms. The lowest BCUT2D eigenvalue weighted by Crippen LogP contribution is -2.42. The zero-order chi connectivity index (χ0) is 23.7. The minimum Gasteiger partial charge on any atom is -0.346 e. The second-order valence-corrected chi connectivity index (χ2v) is 12.8. The number of sulfonamides is 1. The Hall–Kier alpha value is -2.23. The van der Waals surface area contributed by atoms with E-state index in [4.69, 9.17) is 0 Å². The third kappa shape index (κ3) is 5.57. The molecule has 0 unspecified atom stereocenters. The molecule has 1 heterocycles. The molecule has 2 aromatic carbocycles. The second kappa shape index (κ2) is 9.33. The van der Waals surface area contributed by atoms with E-state index >= 15 is 0 Å². The molecule has 3 atom stereocenters.